The summed E-state index contributed by atoms with van der Waals surface area (Å²) in [6.07, 6.45) is 2.72. The van der Waals surface area contributed by atoms with Gasteiger partial charge in [-0.05, 0) is 57.0 Å². The van der Waals surface area contributed by atoms with Crippen LogP contribution in [-0.4, -0.2) is 25.0 Å². The summed E-state index contributed by atoms with van der Waals surface area (Å²) >= 11 is 0. The van der Waals surface area contributed by atoms with Crippen LogP contribution >= 0.6 is 0 Å². The smallest absolute Gasteiger partial charge is 0.0342 e. The molecule has 1 atom stereocenters. The second-order valence-corrected chi connectivity index (χ2v) is 5.95. The molecule has 0 amide bonds. The molecule has 1 aromatic rings. The number of nitrogens with zero attached hydrogens (tertiary/aromatic N) is 1. The molecule has 0 aromatic heterocycles. The van der Waals surface area contributed by atoms with E-state index in [0.717, 1.165) is 6.54 Å². The molecule has 2 nitrogen and oxygen atoms in total. The van der Waals surface area contributed by atoms with Crippen LogP contribution in [-0.2, 0) is 6.54 Å². The van der Waals surface area contributed by atoms with Crippen LogP contribution in [0, 0.1) is 5.41 Å². The highest BCUT2D eigenvalue weighted by molar-refractivity contribution is 5.46. The molecule has 94 valence electrons. The van der Waals surface area contributed by atoms with Crippen LogP contribution in [0.4, 0.5) is 5.69 Å². The highest BCUT2D eigenvalue weighted by atomic mass is 15.0. The van der Waals surface area contributed by atoms with Gasteiger partial charge in [-0.1, -0.05) is 19.1 Å². The second kappa shape index (κ2) is 4.69. The Kier molecular flexibility index (Phi) is 3.43. The Hall–Kier alpha value is -1.02. The number of hydrogen-bond donors (Lipinski definition) is 1. The number of nitrogens with one attached hydrogen (secondary N) is 1. The molecule has 0 heterocycles. The first-order valence-corrected chi connectivity index (χ1v) is 6.50. The van der Waals surface area contributed by atoms with Crippen molar-refractivity contribution >= 4 is 5.69 Å². The quantitative estimate of drug-likeness (QED) is 0.837. The van der Waals surface area contributed by atoms with E-state index in [4.69, 9.17) is 0 Å². The van der Waals surface area contributed by atoms with E-state index >= 15 is 0 Å². The first kappa shape index (κ1) is 12.4. The SMILES string of the molecule is CC(Nc1ccc(CN(C)C)cc1)C1(C)CC1. The number of rotatable bonds is 5. The van der Waals surface area contributed by atoms with Gasteiger partial charge in [-0.3, -0.25) is 0 Å². The predicted octanol–water partition coefficient (Wildman–Crippen LogP) is 3.35. The Morgan fingerprint density at radius 1 is 1.24 bits per heavy atom. The molecule has 2 rings (SSSR count). The molecule has 1 aliphatic carbocycles. The molecule has 0 bridgehead atoms. The molecule has 1 fully saturated rings. The fourth-order valence-corrected chi connectivity index (χ4v) is 2.13. The normalized spacial score (nSPS) is 19.1. The first-order valence-electron chi connectivity index (χ1n) is 6.50. The van der Waals surface area contributed by atoms with Gasteiger partial charge < -0.3 is 10.2 Å². The highest BCUT2D eigenvalue weighted by Gasteiger charge is 2.42. The van der Waals surface area contributed by atoms with E-state index in [2.05, 4.69) is 62.4 Å². The Morgan fingerprint density at radius 2 is 1.82 bits per heavy atom. The van der Waals surface area contributed by atoms with Crippen LogP contribution in [0.5, 0.6) is 0 Å². The Morgan fingerprint density at radius 3 is 2.29 bits per heavy atom. The van der Waals surface area contributed by atoms with Crippen molar-refractivity contribution in [3.63, 3.8) is 0 Å². The van der Waals surface area contributed by atoms with E-state index in [1.54, 1.807) is 0 Å². The summed E-state index contributed by atoms with van der Waals surface area (Å²) in [6.45, 7) is 5.67. The van der Waals surface area contributed by atoms with Crippen molar-refractivity contribution in [2.24, 2.45) is 5.41 Å². The van der Waals surface area contributed by atoms with Crippen molar-refractivity contribution in [2.75, 3.05) is 19.4 Å². The summed E-state index contributed by atoms with van der Waals surface area (Å²) in [7, 11) is 4.20. The maximum Gasteiger partial charge on any atom is 0.0342 e. The molecule has 17 heavy (non-hydrogen) atoms. The average molecular weight is 232 g/mol. The second-order valence-electron chi connectivity index (χ2n) is 5.95. The van der Waals surface area contributed by atoms with E-state index in [1.807, 2.05) is 0 Å². The monoisotopic (exact) mass is 232 g/mol. The molecule has 1 aliphatic rings. The zero-order valence-corrected chi connectivity index (χ0v) is 11.5. The van der Waals surface area contributed by atoms with Gasteiger partial charge in [-0.15, -0.1) is 0 Å². The van der Waals surface area contributed by atoms with Crippen LogP contribution in [0.25, 0.3) is 0 Å². The van der Waals surface area contributed by atoms with Crippen LogP contribution in [0.2, 0.25) is 0 Å². The van der Waals surface area contributed by atoms with E-state index in [1.165, 1.54) is 24.1 Å². The van der Waals surface area contributed by atoms with E-state index < -0.39 is 0 Å². The van der Waals surface area contributed by atoms with Gasteiger partial charge in [0.15, 0.2) is 0 Å². The minimum atomic E-state index is 0.530. The largest absolute Gasteiger partial charge is 0.382 e. The van der Waals surface area contributed by atoms with Gasteiger partial charge in [0.1, 0.15) is 0 Å². The predicted molar refractivity (Wildman–Crippen MR) is 74.3 cm³/mol. The molecule has 2 heteroatoms. The highest BCUT2D eigenvalue weighted by Crippen LogP contribution is 2.48. The van der Waals surface area contributed by atoms with Gasteiger partial charge in [0.05, 0.1) is 0 Å². The third-order valence-electron chi connectivity index (χ3n) is 3.92. The summed E-state index contributed by atoms with van der Waals surface area (Å²) in [5.74, 6) is 0. The number of hydrogen-bond acceptors (Lipinski definition) is 2. The lowest BCUT2D eigenvalue weighted by atomic mass is 10.0. The molecule has 0 saturated heterocycles. The molecule has 1 aromatic carbocycles. The molecule has 1 unspecified atom stereocenters. The van der Waals surface area contributed by atoms with Crippen molar-refractivity contribution in [2.45, 2.75) is 39.3 Å². The fraction of sp³-hybridized carbons (Fsp3) is 0.600. The van der Waals surface area contributed by atoms with Crippen molar-refractivity contribution in [1.29, 1.82) is 0 Å². The van der Waals surface area contributed by atoms with Crippen molar-refractivity contribution in [1.82, 2.24) is 4.90 Å². The van der Waals surface area contributed by atoms with Gasteiger partial charge in [0.2, 0.25) is 0 Å². The minimum absolute atomic E-state index is 0.530. The third kappa shape index (κ3) is 3.22. The average Bonchev–Trinajstić information content (AvgIpc) is 3.00. The molecule has 1 saturated carbocycles. The Bertz CT molecular complexity index is 363. The van der Waals surface area contributed by atoms with Crippen molar-refractivity contribution in [3.8, 4) is 0 Å². The maximum absolute atomic E-state index is 3.61. The van der Waals surface area contributed by atoms with Gasteiger partial charge in [0, 0.05) is 18.3 Å². The van der Waals surface area contributed by atoms with Crippen LogP contribution in [0.3, 0.4) is 0 Å². The van der Waals surface area contributed by atoms with Gasteiger partial charge in [-0.25, -0.2) is 0 Å². The van der Waals surface area contributed by atoms with E-state index in [0.29, 0.717) is 11.5 Å². The Labute approximate surface area is 105 Å². The summed E-state index contributed by atoms with van der Waals surface area (Å²) in [5, 5.41) is 3.61. The summed E-state index contributed by atoms with van der Waals surface area (Å²) in [6, 6.07) is 9.39. The van der Waals surface area contributed by atoms with E-state index in [-0.39, 0.29) is 0 Å². The van der Waals surface area contributed by atoms with Crippen LogP contribution in [0.15, 0.2) is 24.3 Å². The number of anilines is 1. The Balaban J connectivity index is 1.93. The molecule has 0 aliphatic heterocycles. The number of benzene rings is 1. The lowest BCUT2D eigenvalue weighted by Crippen LogP contribution is -2.24. The van der Waals surface area contributed by atoms with Crippen LogP contribution < -0.4 is 5.32 Å². The molecule has 1 N–H and O–H groups in total. The van der Waals surface area contributed by atoms with Crippen molar-refractivity contribution < 1.29 is 0 Å². The molecule has 0 radical (unpaired) electrons. The summed E-state index contributed by atoms with van der Waals surface area (Å²) < 4.78 is 0. The van der Waals surface area contributed by atoms with Gasteiger partial charge in [0.25, 0.3) is 0 Å². The van der Waals surface area contributed by atoms with Gasteiger partial charge in [-0.2, -0.15) is 0 Å². The maximum atomic E-state index is 3.61. The van der Waals surface area contributed by atoms with Crippen molar-refractivity contribution in [3.05, 3.63) is 29.8 Å². The molecule has 0 spiro atoms. The van der Waals surface area contributed by atoms with Crippen LogP contribution in [0.1, 0.15) is 32.3 Å². The topological polar surface area (TPSA) is 15.3 Å². The fourth-order valence-electron chi connectivity index (χ4n) is 2.13. The van der Waals surface area contributed by atoms with Gasteiger partial charge >= 0.3 is 0 Å². The first-order chi connectivity index (χ1) is 7.99. The lowest BCUT2D eigenvalue weighted by Gasteiger charge is -2.21. The molecular weight excluding hydrogens is 208 g/mol. The third-order valence-corrected chi connectivity index (χ3v) is 3.92. The van der Waals surface area contributed by atoms with E-state index in [9.17, 15) is 0 Å². The zero-order chi connectivity index (χ0) is 12.5. The lowest BCUT2D eigenvalue weighted by molar-refractivity contribution is 0.402. The minimum Gasteiger partial charge on any atom is -0.382 e. The summed E-state index contributed by atoms with van der Waals surface area (Å²) in [4.78, 5) is 2.19. The summed E-state index contributed by atoms with van der Waals surface area (Å²) in [5.41, 5.74) is 3.14. The zero-order valence-electron chi connectivity index (χ0n) is 11.5. The standard InChI is InChI=1S/C15H24N2/c1-12(15(2)9-10-15)16-14-7-5-13(6-8-14)11-17(3)4/h5-8,12,16H,9-11H2,1-4H3. The molecular formula is C15H24N2.